The molecule has 234 valence electrons. The first-order chi connectivity index (χ1) is 23.8. The van der Waals surface area contributed by atoms with Crippen molar-refractivity contribution in [2.45, 2.75) is 38.5 Å². The summed E-state index contributed by atoms with van der Waals surface area (Å²) in [4.78, 5) is 2.53. The van der Waals surface area contributed by atoms with E-state index in [9.17, 15) is 0 Å². The lowest BCUT2D eigenvalue weighted by Crippen LogP contribution is -2.17. The fraction of sp³-hybridized carbons (Fsp3) is 0.125. The smallest absolute Gasteiger partial charge is 0.0543 e. The summed E-state index contributed by atoms with van der Waals surface area (Å²) in [5.74, 6) is 0. The first-order valence-corrected chi connectivity index (χ1v) is 17.4. The second kappa shape index (κ2) is 9.94. The maximum Gasteiger partial charge on any atom is 0.0543 e. The summed E-state index contributed by atoms with van der Waals surface area (Å²) in [6.45, 7) is 9.48. The number of benzene rings is 8. The van der Waals surface area contributed by atoms with Crippen molar-refractivity contribution in [3.8, 4) is 22.3 Å². The van der Waals surface area contributed by atoms with E-state index in [0.717, 1.165) is 5.69 Å². The van der Waals surface area contributed by atoms with Gasteiger partial charge in [-0.3, -0.25) is 0 Å². The van der Waals surface area contributed by atoms with Crippen molar-refractivity contribution >= 4 is 49.4 Å². The molecule has 8 aromatic rings. The SMILES string of the molecule is CC1(C)c2ccccc2-c2ccc(N(c3ccc4ccc5ccc6ccccc6c5c4c3)c3cccc4c3-c3ccccc3C4(C)C)cc21. The van der Waals surface area contributed by atoms with Crippen molar-refractivity contribution in [1.82, 2.24) is 0 Å². The Hall–Kier alpha value is -5.66. The Morgan fingerprint density at radius 2 is 0.939 bits per heavy atom. The van der Waals surface area contributed by atoms with Crippen LogP contribution in [-0.2, 0) is 10.8 Å². The molecule has 0 aromatic heterocycles. The molecule has 0 spiro atoms. The van der Waals surface area contributed by atoms with E-state index >= 15 is 0 Å². The van der Waals surface area contributed by atoms with E-state index in [0.29, 0.717) is 0 Å². The van der Waals surface area contributed by atoms with Gasteiger partial charge in [0.15, 0.2) is 0 Å². The van der Waals surface area contributed by atoms with E-state index in [2.05, 4.69) is 184 Å². The highest BCUT2D eigenvalue weighted by atomic mass is 15.1. The number of anilines is 3. The Morgan fingerprint density at radius 1 is 0.388 bits per heavy atom. The van der Waals surface area contributed by atoms with E-state index in [-0.39, 0.29) is 10.8 Å². The molecule has 0 saturated heterocycles. The highest BCUT2D eigenvalue weighted by Gasteiger charge is 2.39. The molecule has 2 aliphatic rings. The Bertz CT molecular complexity index is 2670. The molecule has 1 heteroatoms. The van der Waals surface area contributed by atoms with Crippen LogP contribution < -0.4 is 4.90 Å². The number of fused-ring (bicyclic) bond motifs is 11. The monoisotopic (exact) mass is 627 g/mol. The molecule has 0 fully saturated rings. The van der Waals surface area contributed by atoms with Crippen molar-refractivity contribution in [3.05, 3.63) is 174 Å². The number of nitrogens with zero attached hydrogens (tertiary/aromatic N) is 1. The van der Waals surface area contributed by atoms with Gasteiger partial charge in [0.2, 0.25) is 0 Å². The molecule has 1 nitrogen and oxygen atoms in total. The summed E-state index contributed by atoms with van der Waals surface area (Å²) >= 11 is 0. The van der Waals surface area contributed by atoms with Crippen LogP contribution in [0.3, 0.4) is 0 Å². The summed E-state index contributed by atoms with van der Waals surface area (Å²) in [5.41, 5.74) is 14.3. The maximum absolute atomic E-state index is 2.53. The van der Waals surface area contributed by atoms with Gasteiger partial charge in [0, 0.05) is 27.8 Å². The van der Waals surface area contributed by atoms with Gasteiger partial charge in [-0.15, -0.1) is 0 Å². The molecule has 0 saturated carbocycles. The minimum Gasteiger partial charge on any atom is -0.310 e. The van der Waals surface area contributed by atoms with Gasteiger partial charge in [-0.2, -0.15) is 0 Å². The van der Waals surface area contributed by atoms with Crippen molar-refractivity contribution in [2.75, 3.05) is 4.90 Å². The summed E-state index contributed by atoms with van der Waals surface area (Å²) in [7, 11) is 0. The first kappa shape index (κ1) is 28.4. The van der Waals surface area contributed by atoms with E-state index in [4.69, 9.17) is 0 Å². The quantitative estimate of drug-likeness (QED) is 0.176. The normalized spacial score (nSPS) is 14.9. The van der Waals surface area contributed by atoms with Gasteiger partial charge < -0.3 is 4.90 Å². The van der Waals surface area contributed by atoms with E-state index in [1.807, 2.05) is 0 Å². The number of rotatable bonds is 3. The van der Waals surface area contributed by atoms with Gasteiger partial charge in [-0.1, -0.05) is 149 Å². The van der Waals surface area contributed by atoms with Crippen LogP contribution in [0, 0.1) is 0 Å². The third-order valence-electron chi connectivity index (χ3n) is 11.6. The molecule has 0 atom stereocenters. The molecule has 2 aliphatic carbocycles. The Labute approximate surface area is 288 Å². The van der Waals surface area contributed by atoms with Gasteiger partial charge in [-0.05, 0) is 102 Å². The van der Waals surface area contributed by atoms with Crippen LogP contribution in [0.15, 0.2) is 152 Å². The Balaban J connectivity index is 1.28. The van der Waals surface area contributed by atoms with Gasteiger partial charge in [-0.25, -0.2) is 0 Å². The summed E-state index contributed by atoms with van der Waals surface area (Å²) in [6, 6.07) is 56.9. The highest BCUT2D eigenvalue weighted by molar-refractivity contribution is 6.20. The largest absolute Gasteiger partial charge is 0.310 e. The van der Waals surface area contributed by atoms with E-state index in [1.54, 1.807) is 0 Å². The Kier molecular flexibility index (Phi) is 5.75. The van der Waals surface area contributed by atoms with Crippen molar-refractivity contribution in [1.29, 1.82) is 0 Å². The average molecular weight is 628 g/mol. The van der Waals surface area contributed by atoms with Crippen molar-refractivity contribution in [2.24, 2.45) is 0 Å². The summed E-state index contributed by atoms with van der Waals surface area (Å²) in [6.07, 6.45) is 0. The van der Waals surface area contributed by atoms with Gasteiger partial charge in [0.05, 0.1) is 5.69 Å². The van der Waals surface area contributed by atoms with Gasteiger partial charge in [0.25, 0.3) is 0 Å². The zero-order valence-electron chi connectivity index (χ0n) is 28.4. The second-order valence-corrected chi connectivity index (χ2v) is 15.0. The first-order valence-electron chi connectivity index (χ1n) is 17.4. The topological polar surface area (TPSA) is 3.24 Å². The molecule has 0 N–H and O–H groups in total. The highest BCUT2D eigenvalue weighted by Crippen LogP contribution is 2.56. The summed E-state index contributed by atoms with van der Waals surface area (Å²) in [5, 5.41) is 7.67. The lowest BCUT2D eigenvalue weighted by molar-refractivity contribution is 0.660. The molecule has 0 aliphatic heterocycles. The third-order valence-corrected chi connectivity index (χ3v) is 11.6. The predicted octanol–water partition coefficient (Wildman–Crippen LogP) is 13.2. The Morgan fingerprint density at radius 3 is 1.76 bits per heavy atom. The molecule has 0 unspecified atom stereocenters. The second-order valence-electron chi connectivity index (χ2n) is 15.0. The van der Waals surface area contributed by atoms with Crippen molar-refractivity contribution in [3.63, 3.8) is 0 Å². The molecule has 0 amide bonds. The van der Waals surface area contributed by atoms with Gasteiger partial charge in [0.1, 0.15) is 0 Å². The molecule has 0 heterocycles. The number of hydrogen-bond donors (Lipinski definition) is 0. The lowest BCUT2D eigenvalue weighted by atomic mass is 9.82. The fourth-order valence-corrected chi connectivity index (χ4v) is 9.13. The summed E-state index contributed by atoms with van der Waals surface area (Å²) < 4.78 is 0. The zero-order chi connectivity index (χ0) is 33.1. The molecule has 10 rings (SSSR count). The standard InChI is InChI=1S/C48H37N/c1-47(2)41-17-10-8-15-38(41)46-42(47)18-11-19-44(46)49(34-26-27-37-36-14-7-9-16-40(36)48(3,4)43(37)29-34)33-25-24-31-21-23-32-22-20-30-12-5-6-13-35(30)45(32)39(31)28-33/h5-29H,1-4H3. The van der Waals surface area contributed by atoms with Crippen molar-refractivity contribution < 1.29 is 0 Å². The third kappa shape index (κ3) is 3.88. The molecule has 0 bridgehead atoms. The molecule has 8 aromatic carbocycles. The lowest BCUT2D eigenvalue weighted by Gasteiger charge is -2.30. The minimum atomic E-state index is -0.0979. The van der Waals surface area contributed by atoms with Crippen LogP contribution in [0.2, 0.25) is 0 Å². The van der Waals surface area contributed by atoms with Crippen LogP contribution >= 0.6 is 0 Å². The minimum absolute atomic E-state index is 0.0896. The molecular weight excluding hydrogens is 591 g/mol. The van der Waals surface area contributed by atoms with Crippen LogP contribution in [-0.4, -0.2) is 0 Å². The fourth-order valence-electron chi connectivity index (χ4n) is 9.13. The van der Waals surface area contributed by atoms with E-state index < -0.39 is 0 Å². The van der Waals surface area contributed by atoms with Crippen LogP contribution in [0.25, 0.3) is 54.6 Å². The predicted molar refractivity (Wildman–Crippen MR) is 209 cm³/mol. The molecule has 49 heavy (non-hydrogen) atoms. The van der Waals surface area contributed by atoms with E-state index in [1.165, 1.54) is 88.2 Å². The zero-order valence-corrected chi connectivity index (χ0v) is 28.4. The van der Waals surface area contributed by atoms with Gasteiger partial charge >= 0.3 is 0 Å². The van der Waals surface area contributed by atoms with Crippen LogP contribution in [0.1, 0.15) is 49.9 Å². The maximum atomic E-state index is 2.53. The van der Waals surface area contributed by atoms with Crippen LogP contribution in [0.4, 0.5) is 17.1 Å². The molecule has 0 radical (unpaired) electrons. The molecular formula is C48H37N. The number of hydrogen-bond acceptors (Lipinski definition) is 1. The average Bonchev–Trinajstić information content (AvgIpc) is 3.51. The van der Waals surface area contributed by atoms with Crippen LogP contribution in [0.5, 0.6) is 0 Å².